The molecular formula is C20H19NO7. The Hall–Kier alpha value is -3.42. The summed E-state index contributed by atoms with van der Waals surface area (Å²) in [6.07, 6.45) is -1.59. The quantitative estimate of drug-likeness (QED) is 0.613. The minimum absolute atomic E-state index is 0.0102. The molecule has 0 bridgehead atoms. The van der Waals surface area contributed by atoms with Gasteiger partial charge in [0, 0.05) is 0 Å². The number of carbonyl (C=O) groups is 2. The Bertz CT molecular complexity index is 798. The van der Waals surface area contributed by atoms with Crippen LogP contribution >= 0.6 is 0 Å². The molecule has 1 N–H and O–H groups in total. The molecule has 28 heavy (non-hydrogen) atoms. The van der Waals surface area contributed by atoms with Crippen molar-refractivity contribution in [1.82, 2.24) is 5.32 Å². The highest BCUT2D eigenvalue weighted by atomic mass is 16.6. The van der Waals surface area contributed by atoms with Gasteiger partial charge < -0.3 is 29.0 Å². The normalized spacial score (nSPS) is 19.4. The number of hydrogen-bond acceptors (Lipinski definition) is 7. The molecule has 2 heterocycles. The van der Waals surface area contributed by atoms with Gasteiger partial charge in [-0.25, -0.2) is 4.79 Å². The van der Waals surface area contributed by atoms with E-state index in [1.165, 1.54) is 0 Å². The Morgan fingerprint density at radius 2 is 1.39 bits per heavy atom. The number of amides is 1. The summed E-state index contributed by atoms with van der Waals surface area (Å²) in [7, 11) is 0. The van der Waals surface area contributed by atoms with Crippen molar-refractivity contribution in [3.8, 4) is 23.0 Å². The van der Waals surface area contributed by atoms with Gasteiger partial charge in [0.1, 0.15) is 19.8 Å². The molecule has 8 nitrogen and oxygen atoms in total. The Balaban J connectivity index is 1.19. The van der Waals surface area contributed by atoms with Crippen molar-refractivity contribution in [1.29, 1.82) is 0 Å². The molecule has 2 aliphatic heterocycles. The molecule has 0 radical (unpaired) electrons. The zero-order valence-corrected chi connectivity index (χ0v) is 15.0. The summed E-state index contributed by atoms with van der Waals surface area (Å²) < 4.78 is 27.3. The molecule has 0 unspecified atom stereocenters. The number of nitrogens with one attached hydrogen (secondary N) is 1. The fourth-order valence-electron chi connectivity index (χ4n) is 2.82. The minimum Gasteiger partial charge on any atom is -0.485 e. The van der Waals surface area contributed by atoms with Crippen LogP contribution in [0.5, 0.6) is 23.0 Å². The van der Waals surface area contributed by atoms with Gasteiger partial charge in [0.15, 0.2) is 23.0 Å². The van der Waals surface area contributed by atoms with E-state index < -0.39 is 18.2 Å². The molecule has 2 aromatic rings. The van der Waals surface area contributed by atoms with Crippen LogP contribution in [-0.2, 0) is 14.3 Å². The first-order chi connectivity index (χ1) is 13.7. The van der Waals surface area contributed by atoms with Gasteiger partial charge in [0.2, 0.25) is 12.2 Å². The monoisotopic (exact) mass is 385 g/mol. The number of rotatable bonds is 5. The van der Waals surface area contributed by atoms with Crippen LogP contribution in [0.25, 0.3) is 0 Å². The lowest BCUT2D eigenvalue weighted by Gasteiger charge is -2.26. The fourth-order valence-corrected chi connectivity index (χ4v) is 2.82. The van der Waals surface area contributed by atoms with E-state index in [1.807, 2.05) is 12.1 Å². The molecule has 2 aromatic carbocycles. The topological polar surface area (TPSA) is 92.3 Å². The summed E-state index contributed by atoms with van der Waals surface area (Å²) in [5, 5.41) is 2.66. The average Bonchev–Trinajstić information content (AvgIpc) is 2.75. The first-order valence-electron chi connectivity index (χ1n) is 8.92. The van der Waals surface area contributed by atoms with E-state index in [0.29, 0.717) is 23.0 Å². The molecule has 146 valence electrons. The lowest BCUT2D eigenvalue weighted by Crippen LogP contribution is -2.45. The third-order valence-electron chi connectivity index (χ3n) is 4.22. The number of esters is 1. The highest BCUT2D eigenvalue weighted by molar-refractivity contribution is 5.81. The molecule has 0 fully saturated rings. The van der Waals surface area contributed by atoms with Crippen molar-refractivity contribution in [2.45, 2.75) is 12.2 Å². The van der Waals surface area contributed by atoms with Gasteiger partial charge in [-0.2, -0.15) is 0 Å². The molecule has 0 saturated carbocycles. The first-order valence-corrected chi connectivity index (χ1v) is 8.92. The van der Waals surface area contributed by atoms with E-state index in [4.69, 9.17) is 23.7 Å². The maximum atomic E-state index is 12.2. The lowest BCUT2D eigenvalue weighted by molar-refractivity contribution is -0.154. The molecule has 2 aliphatic rings. The largest absolute Gasteiger partial charge is 0.485 e. The Morgan fingerprint density at radius 1 is 0.857 bits per heavy atom. The van der Waals surface area contributed by atoms with Crippen LogP contribution in [-0.4, -0.2) is 50.4 Å². The molecule has 0 spiro atoms. The standard InChI is InChI=1S/C20H19NO7/c22-19(17-11-25-13-5-1-3-7-15(13)27-17)21-9-10-24-20(23)18-12-26-14-6-2-4-8-16(14)28-18/h1-8,17-18H,9-12H2,(H,21,22)/t17-,18-/m1/s1. The van der Waals surface area contributed by atoms with Crippen molar-refractivity contribution >= 4 is 11.9 Å². The van der Waals surface area contributed by atoms with Crippen LogP contribution in [0.2, 0.25) is 0 Å². The second-order valence-electron chi connectivity index (χ2n) is 6.19. The second kappa shape index (κ2) is 8.08. The van der Waals surface area contributed by atoms with Crippen LogP contribution in [0.15, 0.2) is 48.5 Å². The van der Waals surface area contributed by atoms with Gasteiger partial charge in [0.25, 0.3) is 5.91 Å². The number of fused-ring (bicyclic) bond motifs is 2. The maximum Gasteiger partial charge on any atom is 0.351 e. The third-order valence-corrected chi connectivity index (χ3v) is 4.22. The fraction of sp³-hybridized carbons (Fsp3) is 0.300. The van der Waals surface area contributed by atoms with Crippen molar-refractivity contribution in [3.05, 3.63) is 48.5 Å². The van der Waals surface area contributed by atoms with E-state index >= 15 is 0 Å². The van der Waals surface area contributed by atoms with Crippen LogP contribution < -0.4 is 24.3 Å². The highest BCUT2D eigenvalue weighted by Gasteiger charge is 2.29. The van der Waals surface area contributed by atoms with Gasteiger partial charge in [0.05, 0.1) is 6.54 Å². The third kappa shape index (κ3) is 3.95. The zero-order valence-electron chi connectivity index (χ0n) is 15.0. The van der Waals surface area contributed by atoms with Gasteiger partial charge in [-0.1, -0.05) is 24.3 Å². The van der Waals surface area contributed by atoms with Gasteiger partial charge in [-0.05, 0) is 24.3 Å². The Morgan fingerprint density at radius 3 is 2.04 bits per heavy atom. The van der Waals surface area contributed by atoms with E-state index in [-0.39, 0.29) is 32.3 Å². The summed E-state index contributed by atoms with van der Waals surface area (Å²) in [5.41, 5.74) is 0. The van der Waals surface area contributed by atoms with Crippen LogP contribution in [0, 0.1) is 0 Å². The second-order valence-corrected chi connectivity index (χ2v) is 6.19. The molecular weight excluding hydrogens is 366 g/mol. The molecule has 2 atom stereocenters. The predicted octanol–water partition coefficient (Wildman–Crippen LogP) is 1.33. The van der Waals surface area contributed by atoms with E-state index in [9.17, 15) is 9.59 Å². The van der Waals surface area contributed by atoms with E-state index in [0.717, 1.165) is 0 Å². The molecule has 0 aliphatic carbocycles. The lowest BCUT2D eigenvalue weighted by atomic mass is 10.2. The van der Waals surface area contributed by atoms with Crippen molar-refractivity contribution in [2.75, 3.05) is 26.4 Å². The summed E-state index contributed by atoms with van der Waals surface area (Å²) in [4.78, 5) is 24.3. The van der Waals surface area contributed by atoms with E-state index in [2.05, 4.69) is 5.32 Å². The van der Waals surface area contributed by atoms with Gasteiger partial charge in [-0.3, -0.25) is 4.79 Å². The minimum atomic E-state index is -0.836. The molecule has 0 saturated heterocycles. The summed E-state index contributed by atoms with van der Waals surface area (Å²) >= 11 is 0. The number of carbonyl (C=O) groups excluding carboxylic acids is 2. The smallest absolute Gasteiger partial charge is 0.351 e. The van der Waals surface area contributed by atoms with Crippen LogP contribution in [0.3, 0.4) is 0 Å². The number of para-hydroxylation sites is 4. The van der Waals surface area contributed by atoms with Crippen LogP contribution in [0.1, 0.15) is 0 Å². The SMILES string of the molecule is O=C(NCCOC(=O)[C@H]1COc2ccccc2O1)[C@H]1COc2ccccc2O1. The molecule has 8 heteroatoms. The van der Waals surface area contributed by atoms with Crippen molar-refractivity contribution in [3.63, 3.8) is 0 Å². The van der Waals surface area contributed by atoms with Gasteiger partial charge >= 0.3 is 5.97 Å². The average molecular weight is 385 g/mol. The van der Waals surface area contributed by atoms with Gasteiger partial charge in [-0.15, -0.1) is 0 Å². The van der Waals surface area contributed by atoms with Crippen molar-refractivity contribution < 1.29 is 33.3 Å². The Labute approximate surface area is 161 Å². The number of benzene rings is 2. The van der Waals surface area contributed by atoms with Crippen LogP contribution in [0.4, 0.5) is 0 Å². The first kappa shape index (κ1) is 18.0. The molecule has 0 aromatic heterocycles. The van der Waals surface area contributed by atoms with E-state index in [1.54, 1.807) is 36.4 Å². The van der Waals surface area contributed by atoms with Crippen molar-refractivity contribution in [2.24, 2.45) is 0 Å². The summed E-state index contributed by atoms with van der Waals surface area (Å²) in [6.45, 7) is 0.358. The maximum absolute atomic E-state index is 12.2. The predicted molar refractivity (Wildman–Crippen MR) is 96.7 cm³/mol. The number of ether oxygens (including phenoxy) is 5. The zero-order chi connectivity index (χ0) is 19.3. The summed E-state index contributed by atoms with van der Waals surface area (Å²) in [6, 6.07) is 14.2. The number of hydrogen-bond donors (Lipinski definition) is 1. The summed E-state index contributed by atoms with van der Waals surface area (Å²) in [5.74, 6) is 1.34. The molecule has 1 amide bonds. The highest BCUT2D eigenvalue weighted by Crippen LogP contribution is 2.31. The Kier molecular flexibility index (Phi) is 5.18. The molecule has 4 rings (SSSR count).